The Hall–Kier alpha value is 0.570. The average molecular weight is 230 g/mol. The van der Waals surface area contributed by atoms with E-state index in [1.54, 1.807) is 0 Å². The van der Waals surface area contributed by atoms with Crippen molar-refractivity contribution in [3.63, 3.8) is 0 Å². The molecule has 0 bridgehead atoms. The second-order valence-corrected chi connectivity index (χ2v) is 5.38. The lowest BCUT2D eigenvalue weighted by atomic mass is 9.92. The van der Waals surface area contributed by atoms with Gasteiger partial charge in [0.2, 0.25) is 3.79 Å². The number of alkyl halides is 3. The number of rotatable bonds is 1. The van der Waals surface area contributed by atoms with Gasteiger partial charge in [0, 0.05) is 5.92 Å². The molecule has 0 heterocycles. The standard InChI is InChI=1S/C8H11Cl3O/c9-8(10,11)7(12)6-4-2-1-3-5-6/h2,4,6-7,12H,1,3,5H2. The van der Waals surface area contributed by atoms with E-state index in [9.17, 15) is 5.11 Å². The third-order valence-electron chi connectivity index (χ3n) is 2.03. The lowest BCUT2D eigenvalue weighted by Gasteiger charge is -2.27. The Kier molecular flexibility index (Phi) is 3.72. The van der Waals surface area contributed by atoms with Crippen LogP contribution in [0.4, 0.5) is 0 Å². The number of aliphatic hydroxyl groups is 1. The van der Waals surface area contributed by atoms with Crippen molar-refractivity contribution in [3.05, 3.63) is 12.2 Å². The van der Waals surface area contributed by atoms with Crippen molar-refractivity contribution < 1.29 is 5.11 Å². The van der Waals surface area contributed by atoms with Gasteiger partial charge in [-0.3, -0.25) is 0 Å². The zero-order valence-corrected chi connectivity index (χ0v) is 8.78. The van der Waals surface area contributed by atoms with E-state index >= 15 is 0 Å². The summed E-state index contributed by atoms with van der Waals surface area (Å²) < 4.78 is -1.56. The van der Waals surface area contributed by atoms with Crippen LogP contribution in [0.2, 0.25) is 0 Å². The second kappa shape index (κ2) is 4.19. The van der Waals surface area contributed by atoms with Gasteiger partial charge in [0.15, 0.2) is 0 Å². The van der Waals surface area contributed by atoms with Crippen molar-refractivity contribution >= 4 is 34.8 Å². The van der Waals surface area contributed by atoms with Crippen LogP contribution in [0.15, 0.2) is 12.2 Å². The summed E-state index contributed by atoms with van der Waals surface area (Å²) in [6.07, 6.45) is 6.07. The molecule has 70 valence electrons. The molecule has 1 rings (SSSR count). The van der Waals surface area contributed by atoms with Gasteiger partial charge in [-0.05, 0) is 19.3 Å². The monoisotopic (exact) mass is 228 g/mol. The Morgan fingerprint density at radius 2 is 2.08 bits per heavy atom. The minimum atomic E-state index is -1.56. The van der Waals surface area contributed by atoms with Crippen molar-refractivity contribution in [1.29, 1.82) is 0 Å². The maximum Gasteiger partial charge on any atom is 0.216 e. The minimum Gasteiger partial charge on any atom is -0.388 e. The fraction of sp³-hybridized carbons (Fsp3) is 0.750. The molecule has 4 heteroatoms. The van der Waals surface area contributed by atoms with Crippen LogP contribution in [0.1, 0.15) is 19.3 Å². The molecule has 1 aliphatic rings. The predicted molar refractivity (Wildman–Crippen MR) is 52.8 cm³/mol. The van der Waals surface area contributed by atoms with Crippen LogP contribution in [0.5, 0.6) is 0 Å². The molecule has 0 saturated carbocycles. The molecule has 0 fully saturated rings. The molecule has 0 amide bonds. The highest BCUT2D eigenvalue weighted by atomic mass is 35.6. The fourth-order valence-corrected chi connectivity index (χ4v) is 1.83. The van der Waals surface area contributed by atoms with Crippen LogP contribution >= 0.6 is 34.8 Å². The summed E-state index contributed by atoms with van der Waals surface area (Å²) in [5.74, 6) is -0.00810. The van der Waals surface area contributed by atoms with Crippen molar-refractivity contribution in [2.45, 2.75) is 29.2 Å². The van der Waals surface area contributed by atoms with E-state index in [1.807, 2.05) is 12.2 Å². The van der Waals surface area contributed by atoms with E-state index in [2.05, 4.69) is 0 Å². The second-order valence-electron chi connectivity index (χ2n) is 3.01. The van der Waals surface area contributed by atoms with Crippen LogP contribution < -0.4 is 0 Å². The van der Waals surface area contributed by atoms with E-state index in [1.165, 1.54) is 0 Å². The molecule has 2 atom stereocenters. The van der Waals surface area contributed by atoms with Crippen LogP contribution in [0.3, 0.4) is 0 Å². The smallest absolute Gasteiger partial charge is 0.216 e. The summed E-state index contributed by atoms with van der Waals surface area (Å²) in [6, 6.07) is 0. The molecular formula is C8H11Cl3O. The SMILES string of the molecule is OC(C1C=CCCC1)C(Cl)(Cl)Cl. The quantitative estimate of drug-likeness (QED) is 0.541. The van der Waals surface area contributed by atoms with E-state index in [0.29, 0.717) is 0 Å². The van der Waals surface area contributed by atoms with Gasteiger partial charge in [0.05, 0.1) is 0 Å². The first kappa shape index (κ1) is 10.6. The van der Waals surface area contributed by atoms with Gasteiger partial charge in [0.1, 0.15) is 6.10 Å². The van der Waals surface area contributed by atoms with Crippen molar-refractivity contribution in [2.24, 2.45) is 5.92 Å². The topological polar surface area (TPSA) is 20.2 Å². The highest BCUT2D eigenvalue weighted by Crippen LogP contribution is 2.37. The van der Waals surface area contributed by atoms with Crippen LogP contribution in [-0.2, 0) is 0 Å². The molecule has 0 aromatic carbocycles. The Balaban J connectivity index is 2.57. The molecule has 2 unspecified atom stereocenters. The van der Waals surface area contributed by atoms with Crippen LogP contribution in [-0.4, -0.2) is 15.0 Å². The third-order valence-corrected chi connectivity index (χ3v) is 2.70. The Morgan fingerprint density at radius 3 is 2.50 bits per heavy atom. The number of hydrogen-bond acceptors (Lipinski definition) is 1. The zero-order chi connectivity index (χ0) is 9.19. The molecule has 0 spiro atoms. The van der Waals surface area contributed by atoms with Crippen molar-refractivity contribution in [2.75, 3.05) is 0 Å². The van der Waals surface area contributed by atoms with E-state index in [-0.39, 0.29) is 5.92 Å². The lowest BCUT2D eigenvalue weighted by Crippen LogP contribution is -2.33. The highest BCUT2D eigenvalue weighted by molar-refractivity contribution is 6.68. The molecule has 0 saturated heterocycles. The summed E-state index contributed by atoms with van der Waals surface area (Å²) in [4.78, 5) is 0. The van der Waals surface area contributed by atoms with E-state index in [4.69, 9.17) is 34.8 Å². The summed E-state index contributed by atoms with van der Waals surface area (Å²) in [5, 5.41) is 9.56. The van der Waals surface area contributed by atoms with Crippen LogP contribution in [0, 0.1) is 5.92 Å². The summed E-state index contributed by atoms with van der Waals surface area (Å²) >= 11 is 16.7. The summed E-state index contributed by atoms with van der Waals surface area (Å²) in [5.41, 5.74) is 0. The van der Waals surface area contributed by atoms with Crippen molar-refractivity contribution in [1.82, 2.24) is 0 Å². The molecule has 0 aromatic heterocycles. The maximum atomic E-state index is 9.56. The maximum absolute atomic E-state index is 9.56. The summed E-state index contributed by atoms with van der Waals surface area (Å²) in [7, 11) is 0. The van der Waals surface area contributed by atoms with Gasteiger partial charge >= 0.3 is 0 Å². The highest BCUT2D eigenvalue weighted by Gasteiger charge is 2.36. The minimum absolute atomic E-state index is 0.00810. The van der Waals surface area contributed by atoms with Gasteiger partial charge < -0.3 is 5.11 Å². The molecule has 12 heavy (non-hydrogen) atoms. The van der Waals surface area contributed by atoms with E-state index < -0.39 is 9.90 Å². The first-order chi connectivity index (χ1) is 5.52. The van der Waals surface area contributed by atoms with Gasteiger partial charge in [-0.1, -0.05) is 47.0 Å². The number of allylic oxidation sites excluding steroid dienone is 1. The lowest BCUT2D eigenvalue weighted by molar-refractivity contribution is 0.126. The largest absolute Gasteiger partial charge is 0.388 e. The Labute approximate surface area is 87.3 Å². The molecule has 1 N–H and O–H groups in total. The van der Waals surface area contributed by atoms with Gasteiger partial charge in [-0.2, -0.15) is 0 Å². The first-order valence-electron chi connectivity index (χ1n) is 3.93. The molecular weight excluding hydrogens is 218 g/mol. The van der Waals surface area contributed by atoms with Gasteiger partial charge in [-0.15, -0.1) is 0 Å². The number of hydrogen-bond donors (Lipinski definition) is 1. The normalized spacial score (nSPS) is 27.2. The zero-order valence-electron chi connectivity index (χ0n) is 6.51. The summed E-state index contributed by atoms with van der Waals surface area (Å²) in [6.45, 7) is 0. The van der Waals surface area contributed by atoms with Crippen LogP contribution in [0.25, 0.3) is 0 Å². The van der Waals surface area contributed by atoms with Gasteiger partial charge in [-0.25, -0.2) is 0 Å². The average Bonchev–Trinajstić information content (AvgIpc) is 2.03. The van der Waals surface area contributed by atoms with E-state index in [0.717, 1.165) is 19.3 Å². The van der Waals surface area contributed by atoms with Crippen molar-refractivity contribution in [3.8, 4) is 0 Å². The number of halogens is 3. The van der Waals surface area contributed by atoms with Gasteiger partial charge in [0.25, 0.3) is 0 Å². The molecule has 1 nitrogen and oxygen atoms in total. The molecule has 0 aromatic rings. The molecule has 1 aliphatic carbocycles. The number of aliphatic hydroxyl groups excluding tert-OH is 1. The first-order valence-corrected chi connectivity index (χ1v) is 5.06. The Bertz CT molecular complexity index is 174. The molecule has 0 aliphatic heterocycles. The fourth-order valence-electron chi connectivity index (χ4n) is 1.34. The predicted octanol–water partition coefficient (Wildman–Crippen LogP) is 3.07. The third kappa shape index (κ3) is 2.81. The Morgan fingerprint density at radius 1 is 1.42 bits per heavy atom. The molecule has 0 radical (unpaired) electrons.